The van der Waals surface area contributed by atoms with Gasteiger partial charge in [0.15, 0.2) is 5.69 Å². The van der Waals surface area contributed by atoms with Gasteiger partial charge in [-0.05, 0) is 24.3 Å². The van der Waals surface area contributed by atoms with Crippen LogP contribution in [0.25, 0.3) is 0 Å². The van der Waals surface area contributed by atoms with Gasteiger partial charge in [0.05, 0.1) is 11.3 Å². The molecule has 29 heavy (non-hydrogen) atoms. The molecule has 3 aromatic rings. The molecule has 3 rings (SSSR count). The first-order chi connectivity index (χ1) is 13.5. The lowest BCUT2D eigenvalue weighted by atomic mass is 10.2. The quantitative estimate of drug-likeness (QED) is 0.534. The zero-order chi connectivity index (χ0) is 21.2. The Morgan fingerprint density at radius 1 is 0.931 bits per heavy atom. The van der Waals surface area contributed by atoms with Gasteiger partial charge >= 0.3 is 12.4 Å². The predicted molar refractivity (Wildman–Crippen MR) is 88.3 cm³/mol. The Balaban J connectivity index is 1.70. The number of pyridine rings is 1. The van der Waals surface area contributed by atoms with Crippen LogP contribution in [0, 0.1) is 0 Å². The van der Waals surface area contributed by atoms with Crippen molar-refractivity contribution in [1.29, 1.82) is 0 Å². The molecule has 0 unspecified atom stereocenters. The minimum atomic E-state index is -4.62. The maximum atomic E-state index is 12.7. The fraction of sp³-hybridized carbons (Fsp3) is 0.222. The number of halogens is 6. The third-order valence-corrected chi connectivity index (χ3v) is 3.67. The van der Waals surface area contributed by atoms with Gasteiger partial charge in [0.25, 0.3) is 0 Å². The second kappa shape index (κ2) is 7.64. The molecule has 0 atom stereocenters. The molecule has 0 bridgehead atoms. The molecule has 0 aliphatic heterocycles. The average Bonchev–Trinajstić information content (AvgIpc) is 3.01. The fourth-order valence-corrected chi connectivity index (χ4v) is 2.31. The molecule has 0 fully saturated rings. The maximum absolute atomic E-state index is 12.7. The van der Waals surface area contributed by atoms with Crippen LogP contribution in [0.15, 0.2) is 48.5 Å². The lowest BCUT2D eigenvalue weighted by molar-refractivity contribution is -0.141. The smallest absolute Gasteiger partial charge is 0.435 e. The highest BCUT2D eigenvalue weighted by Gasteiger charge is 2.35. The van der Waals surface area contributed by atoms with Gasteiger partial charge in [-0.15, -0.1) is 0 Å². The van der Waals surface area contributed by atoms with Crippen LogP contribution in [0.4, 0.5) is 26.3 Å². The highest BCUT2D eigenvalue weighted by molar-refractivity contribution is 5.30. The van der Waals surface area contributed by atoms with Crippen molar-refractivity contribution in [2.24, 2.45) is 7.05 Å². The zero-order valence-corrected chi connectivity index (χ0v) is 14.8. The summed E-state index contributed by atoms with van der Waals surface area (Å²) in [5.41, 5.74) is -1.66. The second-order valence-electron chi connectivity index (χ2n) is 5.87. The van der Waals surface area contributed by atoms with E-state index in [0.29, 0.717) is 5.69 Å². The highest BCUT2D eigenvalue weighted by atomic mass is 19.4. The summed E-state index contributed by atoms with van der Waals surface area (Å²) < 4.78 is 87.9. The molecule has 2 aromatic heterocycles. The monoisotopic (exact) mass is 417 g/mol. The Morgan fingerprint density at radius 2 is 1.66 bits per heavy atom. The molecule has 0 aliphatic rings. The summed E-state index contributed by atoms with van der Waals surface area (Å²) in [5.74, 6) is -0.206. The molecule has 0 aliphatic carbocycles. The van der Waals surface area contributed by atoms with E-state index in [1.165, 1.54) is 37.4 Å². The van der Waals surface area contributed by atoms with E-state index in [1.807, 2.05) is 0 Å². The number of aromatic nitrogens is 3. The van der Waals surface area contributed by atoms with Crippen LogP contribution in [0.2, 0.25) is 0 Å². The summed E-state index contributed by atoms with van der Waals surface area (Å²) in [6, 6.07) is 9.55. The molecule has 0 saturated heterocycles. The van der Waals surface area contributed by atoms with E-state index >= 15 is 0 Å². The largest absolute Gasteiger partial charge is 0.487 e. The molecule has 0 radical (unpaired) electrons. The molecule has 154 valence electrons. The molecule has 0 saturated carbocycles. The van der Waals surface area contributed by atoms with Gasteiger partial charge in [-0.25, -0.2) is 9.67 Å². The molecular weight excluding hydrogens is 404 g/mol. The first-order valence-corrected chi connectivity index (χ1v) is 8.07. The van der Waals surface area contributed by atoms with Crippen LogP contribution >= 0.6 is 0 Å². The SMILES string of the molecule is Cn1nc(C(F)(F)F)cc1Oc1cccc(COc2cccc(C(F)(F)F)c2)n1. The topological polar surface area (TPSA) is 49.2 Å². The number of hydrogen-bond donors (Lipinski definition) is 0. The van der Waals surface area contributed by atoms with Gasteiger partial charge in [0.1, 0.15) is 12.4 Å². The van der Waals surface area contributed by atoms with Crippen molar-refractivity contribution in [3.8, 4) is 17.5 Å². The third-order valence-electron chi connectivity index (χ3n) is 3.67. The van der Waals surface area contributed by atoms with Gasteiger partial charge in [-0.1, -0.05) is 12.1 Å². The summed E-state index contributed by atoms with van der Waals surface area (Å²) in [5, 5.41) is 3.33. The number of benzene rings is 1. The van der Waals surface area contributed by atoms with Crippen LogP contribution in [-0.2, 0) is 26.0 Å². The first-order valence-electron chi connectivity index (χ1n) is 8.07. The van der Waals surface area contributed by atoms with Gasteiger partial charge in [-0.3, -0.25) is 0 Å². The Kier molecular flexibility index (Phi) is 5.40. The number of alkyl halides is 6. The summed E-state index contributed by atoms with van der Waals surface area (Å²) in [7, 11) is 1.28. The van der Waals surface area contributed by atoms with E-state index in [4.69, 9.17) is 9.47 Å². The summed E-state index contributed by atoms with van der Waals surface area (Å²) in [6.45, 7) is -0.169. The number of nitrogens with zero attached hydrogens (tertiary/aromatic N) is 3. The van der Waals surface area contributed by atoms with Crippen LogP contribution < -0.4 is 9.47 Å². The minimum Gasteiger partial charge on any atom is -0.487 e. The number of hydrogen-bond acceptors (Lipinski definition) is 4. The number of aryl methyl sites for hydroxylation is 1. The van der Waals surface area contributed by atoms with Crippen molar-refractivity contribution in [1.82, 2.24) is 14.8 Å². The van der Waals surface area contributed by atoms with E-state index in [1.54, 1.807) is 0 Å². The lowest BCUT2D eigenvalue weighted by Gasteiger charge is -2.10. The van der Waals surface area contributed by atoms with Crippen molar-refractivity contribution >= 4 is 0 Å². The Labute approximate surface area is 160 Å². The molecule has 0 amide bonds. The van der Waals surface area contributed by atoms with Crippen molar-refractivity contribution in [2.75, 3.05) is 0 Å². The van der Waals surface area contributed by atoms with Crippen LogP contribution in [0.3, 0.4) is 0 Å². The van der Waals surface area contributed by atoms with Crippen molar-refractivity contribution < 1.29 is 35.8 Å². The van der Waals surface area contributed by atoms with Gasteiger partial charge in [0.2, 0.25) is 11.8 Å². The third kappa shape index (κ3) is 5.18. The molecule has 0 N–H and O–H groups in total. The second-order valence-corrected chi connectivity index (χ2v) is 5.87. The zero-order valence-electron chi connectivity index (χ0n) is 14.8. The van der Waals surface area contributed by atoms with Crippen LogP contribution in [0.5, 0.6) is 17.5 Å². The van der Waals surface area contributed by atoms with Crippen LogP contribution in [-0.4, -0.2) is 14.8 Å². The molecule has 2 heterocycles. The van der Waals surface area contributed by atoms with E-state index < -0.39 is 23.6 Å². The van der Waals surface area contributed by atoms with Crippen molar-refractivity contribution in [3.05, 3.63) is 65.5 Å². The fourth-order valence-electron chi connectivity index (χ4n) is 2.31. The standard InChI is InChI=1S/C18H13F6N3O2/c1-27-16(9-14(26-27)18(22,23)24)29-15-7-3-5-12(25-15)10-28-13-6-2-4-11(8-13)17(19,20)21/h2-9H,10H2,1H3. The van der Waals surface area contributed by atoms with E-state index in [0.717, 1.165) is 22.9 Å². The van der Waals surface area contributed by atoms with Gasteiger partial charge in [0, 0.05) is 19.2 Å². The Hall–Kier alpha value is -3.24. The maximum Gasteiger partial charge on any atom is 0.435 e. The average molecular weight is 417 g/mol. The molecule has 11 heteroatoms. The van der Waals surface area contributed by atoms with Gasteiger partial charge in [-0.2, -0.15) is 31.4 Å². The van der Waals surface area contributed by atoms with E-state index in [9.17, 15) is 26.3 Å². The molecule has 0 spiro atoms. The lowest BCUT2D eigenvalue weighted by Crippen LogP contribution is -2.06. The molecule has 1 aromatic carbocycles. The molecular formula is C18H13F6N3O2. The predicted octanol–water partition coefficient (Wildman–Crippen LogP) is 5.22. The van der Waals surface area contributed by atoms with Crippen molar-refractivity contribution in [2.45, 2.75) is 19.0 Å². The Bertz CT molecular complexity index is 998. The molecule has 5 nitrogen and oxygen atoms in total. The summed E-state index contributed by atoms with van der Waals surface area (Å²) in [4.78, 5) is 4.08. The van der Waals surface area contributed by atoms with Crippen molar-refractivity contribution in [3.63, 3.8) is 0 Å². The minimum absolute atomic E-state index is 0.00519. The highest BCUT2D eigenvalue weighted by Crippen LogP contribution is 2.32. The summed E-state index contributed by atoms with van der Waals surface area (Å²) in [6.07, 6.45) is -9.11. The van der Waals surface area contributed by atoms with Crippen LogP contribution in [0.1, 0.15) is 17.0 Å². The van der Waals surface area contributed by atoms with E-state index in [2.05, 4.69) is 10.1 Å². The Morgan fingerprint density at radius 3 is 2.31 bits per heavy atom. The van der Waals surface area contributed by atoms with Gasteiger partial charge < -0.3 is 9.47 Å². The first kappa shape index (κ1) is 20.5. The summed E-state index contributed by atoms with van der Waals surface area (Å²) >= 11 is 0. The normalized spacial score (nSPS) is 12.1. The number of rotatable bonds is 5. The number of ether oxygens (including phenoxy) is 2. The van der Waals surface area contributed by atoms with E-state index in [-0.39, 0.29) is 24.1 Å².